The molecule has 188 valence electrons. The summed E-state index contributed by atoms with van der Waals surface area (Å²) in [6, 6.07) is 25.3. The van der Waals surface area contributed by atoms with Crippen LogP contribution in [0.5, 0.6) is 5.75 Å². The molecule has 0 aliphatic rings. The zero-order chi connectivity index (χ0) is 26.3. The number of aromatic amines is 1. The van der Waals surface area contributed by atoms with Crippen LogP contribution in [0.15, 0.2) is 102 Å². The molecule has 0 saturated heterocycles. The number of hydrogen-bond acceptors (Lipinski definition) is 7. The Hall–Kier alpha value is -5.57. The molecule has 7 aromatic rings. The summed E-state index contributed by atoms with van der Waals surface area (Å²) in [5.74, 6) is 1.10. The van der Waals surface area contributed by atoms with Gasteiger partial charge in [0.2, 0.25) is 5.95 Å². The summed E-state index contributed by atoms with van der Waals surface area (Å²) in [7, 11) is 1.62. The van der Waals surface area contributed by atoms with E-state index in [1.165, 1.54) is 0 Å². The molecule has 0 unspecified atom stereocenters. The fraction of sp³-hybridized carbons (Fsp3) is 0.0333. The van der Waals surface area contributed by atoms with E-state index in [-0.39, 0.29) is 5.56 Å². The van der Waals surface area contributed by atoms with E-state index in [4.69, 9.17) is 9.72 Å². The van der Waals surface area contributed by atoms with Crippen LogP contribution in [0.25, 0.3) is 49.7 Å². The van der Waals surface area contributed by atoms with Crippen LogP contribution in [0.3, 0.4) is 0 Å². The minimum absolute atomic E-state index is 0.228. The normalized spacial score (nSPS) is 11.3. The highest BCUT2D eigenvalue weighted by molar-refractivity contribution is 6.02. The minimum Gasteiger partial charge on any atom is -0.497 e. The van der Waals surface area contributed by atoms with Gasteiger partial charge in [0.25, 0.3) is 5.56 Å². The molecule has 0 saturated carbocycles. The highest BCUT2D eigenvalue weighted by Gasteiger charge is 2.17. The summed E-state index contributed by atoms with van der Waals surface area (Å²) in [6.07, 6.45) is 5.14. The zero-order valence-corrected chi connectivity index (χ0v) is 20.8. The molecule has 3 aromatic carbocycles. The van der Waals surface area contributed by atoms with E-state index in [1.807, 2.05) is 79.0 Å². The number of aromatic nitrogens is 6. The highest BCUT2D eigenvalue weighted by atomic mass is 16.5. The summed E-state index contributed by atoms with van der Waals surface area (Å²) < 4.78 is 6.84. The third-order valence-electron chi connectivity index (χ3n) is 6.68. The number of benzene rings is 3. The Labute approximate surface area is 221 Å². The number of fused-ring (bicyclic) bond motifs is 4. The van der Waals surface area contributed by atoms with Gasteiger partial charge in [-0.2, -0.15) is 10.1 Å². The minimum atomic E-state index is -0.228. The number of para-hydroxylation sites is 1. The molecule has 2 N–H and O–H groups in total. The Morgan fingerprint density at radius 2 is 1.74 bits per heavy atom. The number of hydrogen-bond donors (Lipinski definition) is 2. The fourth-order valence-corrected chi connectivity index (χ4v) is 4.74. The highest BCUT2D eigenvalue weighted by Crippen LogP contribution is 2.28. The Bertz CT molecular complexity index is 2060. The lowest BCUT2D eigenvalue weighted by Crippen LogP contribution is -2.20. The molecule has 7 rings (SSSR count). The van der Waals surface area contributed by atoms with Crippen LogP contribution < -0.4 is 15.6 Å². The van der Waals surface area contributed by atoms with E-state index >= 15 is 0 Å². The maximum atomic E-state index is 13.8. The van der Waals surface area contributed by atoms with E-state index in [0.717, 1.165) is 33.5 Å². The van der Waals surface area contributed by atoms with Gasteiger partial charge < -0.3 is 10.1 Å². The van der Waals surface area contributed by atoms with Crippen LogP contribution in [-0.2, 0) is 0 Å². The Balaban J connectivity index is 1.39. The predicted molar refractivity (Wildman–Crippen MR) is 152 cm³/mol. The van der Waals surface area contributed by atoms with Crippen LogP contribution >= 0.6 is 0 Å². The molecule has 0 radical (unpaired) electrons. The van der Waals surface area contributed by atoms with Crippen LogP contribution in [0.2, 0.25) is 0 Å². The van der Waals surface area contributed by atoms with Gasteiger partial charge in [-0.25, -0.2) is 4.98 Å². The number of rotatable bonds is 5. The molecular formula is C30H21N7O2. The second-order valence-corrected chi connectivity index (χ2v) is 9.04. The van der Waals surface area contributed by atoms with Gasteiger partial charge in [0.1, 0.15) is 11.3 Å². The third-order valence-corrected chi connectivity index (χ3v) is 6.68. The van der Waals surface area contributed by atoms with Crippen LogP contribution in [0.1, 0.15) is 0 Å². The van der Waals surface area contributed by atoms with Crippen LogP contribution in [0.4, 0.5) is 11.6 Å². The van der Waals surface area contributed by atoms with E-state index in [2.05, 4.69) is 31.5 Å². The lowest BCUT2D eigenvalue weighted by molar-refractivity contribution is 0.415. The van der Waals surface area contributed by atoms with Crippen molar-refractivity contribution in [2.75, 3.05) is 12.4 Å². The molecule has 0 aliphatic heterocycles. The Morgan fingerprint density at radius 1 is 0.872 bits per heavy atom. The lowest BCUT2D eigenvalue weighted by Gasteiger charge is -2.13. The van der Waals surface area contributed by atoms with Crippen LogP contribution in [-0.4, -0.2) is 36.8 Å². The van der Waals surface area contributed by atoms with Gasteiger partial charge in [-0.3, -0.25) is 19.4 Å². The van der Waals surface area contributed by atoms with Crippen molar-refractivity contribution >= 4 is 44.5 Å². The summed E-state index contributed by atoms with van der Waals surface area (Å²) in [6.45, 7) is 0. The largest absolute Gasteiger partial charge is 0.497 e. The third kappa shape index (κ3) is 3.93. The Kier molecular flexibility index (Phi) is 5.26. The second-order valence-electron chi connectivity index (χ2n) is 9.04. The summed E-state index contributed by atoms with van der Waals surface area (Å²) in [4.78, 5) is 27.6. The molecule has 0 atom stereocenters. The quantitative estimate of drug-likeness (QED) is 0.308. The van der Waals surface area contributed by atoms with Crippen molar-refractivity contribution in [3.05, 3.63) is 108 Å². The number of anilines is 2. The molecule has 0 fully saturated rings. The molecule has 4 heterocycles. The fourth-order valence-electron chi connectivity index (χ4n) is 4.74. The maximum Gasteiger partial charge on any atom is 0.267 e. The van der Waals surface area contributed by atoms with Crippen molar-refractivity contribution in [3.8, 4) is 22.6 Å². The number of nitrogens with one attached hydrogen (secondary N) is 2. The first kappa shape index (κ1) is 22.6. The first-order chi connectivity index (χ1) is 19.2. The summed E-state index contributed by atoms with van der Waals surface area (Å²) >= 11 is 0. The number of methoxy groups -OCH3 is 1. The molecule has 0 bridgehead atoms. The van der Waals surface area contributed by atoms with Crippen molar-refractivity contribution < 1.29 is 4.74 Å². The molecule has 0 aliphatic carbocycles. The maximum absolute atomic E-state index is 13.8. The zero-order valence-electron chi connectivity index (χ0n) is 20.8. The van der Waals surface area contributed by atoms with Gasteiger partial charge >= 0.3 is 0 Å². The van der Waals surface area contributed by atoms with Crippen molar-refractivity contribution in [3.63, 3.8) is 0 Å². The predicted octanol–water partition coefficient (Wildman–Crippen LogP) is 5.62. The number of H-pyrrole nitrogens is 1. The number of pyridine rings is 2. The van der Waals surface area contributed by atoms with Crippen molar-refractivity contribution in [2.45, 2.75) is 0 Å². The van der Waals surface area contributed by atoms with Gasteiger partial charge in [0.05, 0.1) is 29.1 Å². The average Bonchev–Trinajstić information content (AvgIpc) is 3.48. The van der Waals surface area contributed by atoms with Gasteiger partial charge in [0.15, 0.2) is 5.65 Å². The van der Waals surface area contributed by atoms with Gasteiger partial charge in [-0.1, -0.05) is 30.3 Å². The second kappa shape index (κ2) is 9.07. The first-order valence-corrected chi connectivity index (χ1v) is 12.3. The van der Waals surface area contributed by atoms with Crippen molar-refractivity contribution in [1.29, 1.82) is 0 Å². The summed E-state index contributed by atoms with van der Waals surface area (Å²) in [5, 5.41) is 12.5. The van der Waals surface area contributed by atoms with E-state index in [1.54, 1.807) is 24.1 Å². The molecule has 4 aromatic heterocycles. The van der Waals surface area contributed by atoms with Gasteiger partial charge in [-0.15, -0.1) is 0 Å². The SMILES string of the molecule is COc1ccc(Nc2ncc3c4n[nH]cc4c(=O)n(-c4cccc(-c5cnc6ccccc6c5)c4)c3n2)cc1. The monoisotopic (exact) mass is 511 g/mol. The molecule has 0 amide bonds. The smallest absolute Gasteiger partial charge is 0.267 e. The summed E-state index contributed by atoms with van der Waals surface area (Å²) in [5.41, 5.74) is 5.02. The van der Waals surface area contributed by atoms with E-state index in [0.29, 0.717) is 33.6 Å². The number of ether oxygens (including phenoxy) is 1. The molecular weight excluding hydrogens is 490 g/mol. The van der Waals surface area contributed by atoms with Gasteiger partial charge in [0, 0.05) is 35.2 Å². The van der Waals surface area contributed by atoms with Gasteiger partial charge in [-0.05, 0) is 54.1 Å². The number of nitrogens with zero attached hydrogens (tertiary/aromatic N) is 5. The van der Waals surface area contributed by atoms with E-state index < -0.39 is 0 Å². The standard InChI is InChI=1S/C30H21N7O2/c1-39-23-11-9-21(10-12-23)34-30-32-16-24-27-25(17-33-36-27)29(38)37(28(24)35-30)22-7-4-6-18(14-22)20-13-19-5-2-3-8-26(19)31-15-20/h2-17H,1H3,(H,33,36)(H,32,34,35). The molecule has 9 heteroatoms. The van der Waals surface area contributed by atoms with Crippen molar-refractivity contribution in [1.82, 2.24) is 29.7 Å². The van der Waals surface area contributed by atoms with Crippen molar-refractivity contribution in [2.24, 2.45) is 0 Å². The first-order valence-electron chi connectivity index (χ1n) is 12.3. The topological polar surface area (TPSA) is 111 Å². The lowest BCUT2D eigenvalue weighted by atomic mass is 10.0. The molecule has 0 spiro atoms. The Morgan fingerprint density at radius 3 is 2.62 bits per heavy atom. The van der Waals surface area contributed by atoms with Crippen LogP contribution in [0, 0.1) is 0 Å². The average molecular weight is 512 g/mol. The molecule has 9 nitrogen and oxygen atoms in total. The van der Waals surface area contributed by atoms with E-state index in [9.17, 15) is 4.79 Å². The molecule has 39 heavy (non-hydrogen) atoms.